The van der Waals surface area contributed by atoms with Crippen LogP contribution in [0.4, 0.5) is 24.7 Å². The van der Waals surface area contributed by atoms with Gasteiger partial charge in [-0.25, -0.2) is 4.68 Å². The summed E-state index contributed by atoms with van der Waals surface area (Å²) in [5.41, 5.74) is 1.15. The van der Waals surface area contributed by atoms with E-state index in [1.807, 2.05) is 0 Å². The molecule has 5 rings (SSSR count). The number of carbonyl (C=O) groups is 1. The summed E-state index contributed by atoms with van der Waals surface area (Å²) in [4.78, 5) is 12.9. The van der Waals surface area contributed by atoms with E-state index < -0.39 is 24.2 Å². The van der Waals surface area contributed by atoms with Crippen LogP contribution in [0.3, 0.4) is 0 Å². The number of nitrogens with zero attached hydrogens (tertiary/aromatic N) is 2. The van der Waals surface area contributed by atoms with Gasteiger partial charge < -0.3 is 20.1 Å². The molecule has 0 saturated carbocycles. The van der Waals surface area contributed by atoms with E-state index in [-0.39, 0.29) is 24.6 Å². The molecule has 0 saturated heterocycles. The van der Waals surface area contributed by atoms with Gasteiger partial charge in [0.15, 0.2) is 17.5 Å². The van der Waals surface area contributed by atoms with E-state index in [9.17, 15) is 18.0 Å². The zero-order chi connectivity index (χ0) is 21.6. The van der Waals surface area contributed by atoms with Crippen LogP contribution in [0.2, 0.25) is 0 Å². The van der Waals surface area contributed by atoms with Crippen LogP contribution >= 0.6 is 0 Å². The minimum absolute atomic E-state index is 0.0209. The molecule has 0 radical (unpaired) electrons. The summed E-state index contributed by atoms with van der Waals surface area (Å²) in [5, 5.41) is 9.63. The Morgan fingerprint density at radius 3 is 2.68 bits per heavy atom. The Balaban J connectivity index is 1.46. The molecule has 2 atom stereocenters. The van der Waals surface area contributed by atoms with Crippen molar-refractivity contribution in [3.05, 3.63) is 65.9 Å². The molecule has 2 aromatic carbocycles. The molecule has 3 heterocycles. The monoisotopic (exact) mass is 430 g/mol. The maximum absolute atomic E-state index is 13.8. The number of alkyl halides is 3. The van der Waals surface area contributed by atoms with Gasteiger partial charge in [-0.1, -0.05) is 30.3 Å². The molecule has 7 nitrogen and oxygen atoms in total. The van der Waals surface area contributed by atoms with Gasteiger partial charge >= 0.3 is 6.18 Å². The SMILES string of the molecule is O=C(Nc1ccc2c(c1)OCO2)c1cnn2c1N[C@@H](c1ccccc1)C[C@@H]2C(F)(F)F. The highest BCUT2D eigenvalue weighted by atomic mass is 19.4. The van der Waals surface area contributed by atoms with E-state index in [4.69, 9.17) is 9.47 Å². The topological polar surface area (TPSA) is 77.4 Å². The van der Waals surface area contributed by atoms with Crippen molar-refractivity contribution in [2.45, 2.75) is 24.7 Å². The van der Waals surface area contributed by atoms with Crippen LogP contribution in [0.1, 0.15) is 34.4 Å². The minimum atomic E-state index is -4.51. The van der Waals surface area contributed by atoms with E-state index in [2.05, 4.69) is 15.7 Å². The molecule has 0 aliphatic carbocycles. The summed E-state index contributed by atoms with van der Waals surface area (Å²) >= 11 is 0. The summed E-state index contributed by atoms with van der Waals surface area (Å²) < 4.78 is 52.7. The van der Waals surface area contributed by atoms with Crippen LogP contribution in [-0.4, -0.2) is 28.7 Å². The quantitative estimate of drug-likeness (QED) is 0.639. The molecule has 0 bridgehead atoms. The first-order valence-electron chi connectivity index (χ1n) is 9.57. The lowest BCUT2D eigenvalue weighted by atomic mass is 9.96. The van der Waals surface area contributed by atoms with Crippen LogP contribution in [0, 0.1) is 0 Å². The van der Waals surface area contributed by atoms with Crippen LogP contribution in [0.15, 0.2) is 54.7 Å². The van der Waals surface area contributed by atoms with Gasteiger partial charge in [-0.15, -0.1) is 0 Å². The molecular weight excluding hydrogens is 413 g/mol. The van der Waals surface area contributed by atoms with Crippen molar-refractivity contribution in [1.82, 2.24) is 9.78 Å². The molecule has 31 heavy (non-hydrogen) atoms. The number of aromatic nitrogens is 2. The number of rotatable bonds is 3. The van der Waals surface area contributed by atoms with Crippen molar-refractivity contribution >= 4 is 17.4 Å². The fourth-order valence-corrected chi connectivity index (χ4v) is 3.81. The summed E-state index contributed by atoms with van der Waals surface area (Å²) in [7, 11) is 0. The zero-order valence-electron chi connectivity index (χ0n) is 16.0. The van der Waals surface area contributed by atoms with Crippen LogP contribution < -0.4 is 20.1 Å². The molecule has 0 fully saturated rings. The van der Waals surface area contributed by atoms with Crippen molar-refractivity contribution < 1.29 is 27.4 Å². The maximum Gasteiger partial charge on any atom is 0.410 e. The normalized spacial score (nSPS) is 19.5. The molecule has 3 aromatic rings. The summed E-state index contributed by atoms with van der Waals surface area (Å²) in [6.07, 6.45) is -3.59. The van der Waals surface area contributed by atoms with Gasteiger partial charge in [0, 0.05) is 18.2 Å². The second-order valence-corrected chi connectivity index (χ2v) is 7.27. The first kappa shape index (κ1) is 19.3. The summed E-state index contributed by atoms with van der Waals surface area (Å²) in [6, 6.07) is 11.2. The predicted octanol–water partition coefficient (Wildman–Crippen LogP) is 4.52. The van der Waals surface area contributed by atoms with Gasteiger partial charge in [-0.2, -0.15) is 18.3 Å². The fraction of sp³-hybridized carbons (Fsp3) is 0.238. The second kappa shape index (κ2) is 7.22. The summed E-state index contributed by atoms with van der Waals surface area (Å²) in [5.74, 6) is 0.485. The molecule has 2 N–H and O–H groups in total. The lowest BCUT2D eigenvalue weighted by Crippen LogP contribution is -2.36. The average Bonchev–Trinajstić information content (AvgIpc) is 3.39. The van der Waals surface area contributed by atoms with E-state index >= 15 is 0 Å². The van der Waals surface area contributed by atoms with E-state index in [0.29, 0.717) is 22.7 Å². The van der Waals surface area contributed by atoms with E-state index in [1.54, 1.807) is 48.5 Å². The lowest BCUT2D eigenvalue weighted by Gasteiger charge is -2.34. The van der Waals surface area contributed by atoms with E-state index in [0.717, 1.165) is 10.9 Å². The zero-order valence-corrected chi connectivity index (χ0v) is 16.0. The van der Waals surface area contributed by atoms with E-state index in [1.165, 1.54) is 0 Å². The Morgan fingerprint density at radius 2 is 1.90 bits per heavy atom. The van der Waals surface area contributed by atoms with Crippen LogP contribution in [-0.2, 0) is 0 Å². The molecule has 0 unspecified atom stereocenters. The first-order valence-corrected chi connectivity index (χ1v) is 9.57. The third kappa shape index (κ3) is 3.54. The standard InChI is InChI=1S/C21H17F3N4O3/c22-21(23,24)18-9-15(12-4-2-1-3-5-12)27-19-14(10-25-28(18)19)20(29)26-13-6-7-16-17(8-13)31-11-30-16/h1-8,10,15,18,27H,9,11H2,(H,26,29)/t15-,18-/m1/s1. The molecule has 1 aromatic heterocycles. The minimum Gasteiger partial charge on any atom is -0.454 e. The van der Waals surface area contributed by atoms with Gasteiger partial charge in [0.05, 0.1) is 12.2 Å². The number of amides is 1. The Hall–Kier alpha value is -3.69. The number of ether oxygens (including phenoxy) is 2. The molecule has 0 spiro atoms. The largest absolute Gasteiger partial charge is 0.454 e. The van der Waals surface area contributed by atoms with Crippen LogP contribution in [0.25, 0.3) is 0 Å². The van der Waals surface area contributed by atoms with Gasteiger partial charge in [0.1, 0.15) is 11.4 Å². The third-order valence-corrected chi connectivity index (χ3v) is 5.32. The molecule has 160 valence electrons. The first-order chi connectivity index (χ1) is 14.9. The smallest absolute Gasteiger partial charge is 0.410 e. The molecular formula is C21H17F3N4O3. The predicted molar refractivity (Wildman–Crippen MR) is 105 cm³/mol. The van der Waals surface area contributed by atoms with Crippen molar-refractivity contribution in [3.8, 4) is 11.5 Å². The number of nitrogens with one attached hydrogen (secondary N) is 2. The number of hydrogen-bond acceptors (Lipinski definition) is 5. The molecule has 2 aliphatic heterocycles. The fourth-order valence-electron chi connectivity index (χ4n) is 3.81. The van der Waals surface area contributed by atoms with Crippen molar-refractivity contribution in [3.63, 3.8) is 0 Å². The molecule has 10 heteroatoms. The van der Waals surface area contributed by atoms with Crippen LogP contribution in [0.5, 0.6) is 11.5 Å². The molecule has 2 aliphatic rings. The van der Waals surface area contributed by atoms with Crippen molar-refractivity contribution in [2.75, 3.05) is 17.4 Å². The van der Waals surface area contributed by atoms with Gasteiger partial charge in [-0.05, 0) is 17.7 Å². The second-order valence-electron chi connectivity index (χ2n) is 7.27. The maximum atomic E-state index is 13.8. The highest BCUT2D eigenvalue weighted by molar-refractivity contribution is 6.07. The van der Waals surface area contributed by atoms with Gasteiger partial charge in [-0.3, -0.25) is 4.79 Å². The Labute approximate surface area is 174 Å². The number of carbonyl (C=O) groups excluding carboxylic acids is 1. The van der Waals surface area contributed by atoms with Crippen molar-refractivity contribution in [2.24, 2.45) is 0 Å². The highest BCUT2D eigenvalue weighted by Crippen LogP contribution is 2.44. The number of fused-ring (bicyclic) bond motifs is 2. The number of anilines is 2. The lowest BCUT2D eigenvalue weighted by molar-refractivity contribution is -0.173. The Bertz CT molecular complexity index is 1130. The third-order valence-electron chi connectivity index (χ3n) is 5.32. The van der Waals surface area contributed by atoms with Gasteiger partial charge in [0.2, 0.25) is 6.79 Å². The number of benzene rings is 2. The number of hydrogen-bond donors (Lipinski definition) is 2. The Kier molecular flexibility index (Phi) is 4.49. The highest BCUT2D eigenvalue weighted by Gasteiger charge is 2.47. The van der Waals surface area contributed by atoms with Crippen molar-refractivity contribution in [1.29, 1.82) is 0 Å². The average molecular weight is 430 g/mol. The van der Waals surface area contributed by atoms with Gasteiger partial charge in [0.25, 0.3) is 5.91 Å². The Morgan fingerprint density at radius 1 is 1.13 bits per heavy atom. The summed E-state index contributed by atoms with van der Waals surface area (Å²) in [6.45, 7) is 0.0906. The number of halogens is 3. The molecule has 1 amide bonds.